The second kappa shape index (κ2) is 7.10. The molecule has 3 nitrogen and oxygen atoms in total. The molecule has 0 aromatic heterocycles. The quantitative estimate of drug-likeness (QED) is 0.613. The van der Waals surface area contributed by atoms with Crippen molar-refractivity contribution in [2.75, 3.05) is 19.7 Å². The fraction of sp³-hybridized carbons (Fsp3) is 0.889. The van der Waals surface area contributed by atoms with Crippen molar-refractivity contribution in [3.63, 3.8) is 0 Å². The number of esters is 1. The Hall–Kier alpha value is -0.570. The summed E-state index contributed by atoms with van der Waals surface area (Å²) in [6.07, 6.45) is 1.13. The van der Waals surface area contributed by atoms with E-state index in [-0.39, 0.29) is 5.97 Å². The lowest BCUT2D eigenvalue weighted by molar-refractivity contribution is -0.142. The molecule has 0 spiro atoms. The van der Waals surface area contributed by atoms with Crippen LogP contribution in [0.25, 0.3) is 0 Å². The highest BCUT2D eigenvalue weighted by atomic mass is 16.5. The second-order valence-corrected chi connectivity index (χ2v) is 2.95. The van der Waals surface area contributed by atoms with Gasteiger partial charge in [-0.1, -0.05) is 20.3 Å². The van der Waals surface area contributed by atoms with E-state index >= 15 is 0 Å². The molecule has 0 aromatic rings. The Balaban J connectivity index is 3.24. The number of carbonyl (C=O) groups excluding carboxylic acids is 1. The first kappa shape index (κ1) is 11.4. The zero-order valence-corrected chi connectivity index (χ0v) is 8.22. The third-order valence-corrected chi connectivity index (χ3v) is 1.76. The van der Waals surface area contributed by atoms with Crippen LogP contribution in [0.15, 0.2) is 0 Å². The van der Waals surface area contributed by atoms with Gasteiger partial charge in [0.15, 0.2) is 0 Å². The monoisotopic (exact) mass is 173 g/mol. The van der Waals surface area contributed by atoms with Crippen LogP contribution < -0.4 is 5.32 Å². The average Bonchev–Trinajstić information content (AvgIpc) is 2.04. The topological polar surface area (TPSA) is 38.3 Å². The van der Waals surface area contributed by atoms with Crippen LogP contribution in [0.5, 0.6) is 0 Å². The molecule has 72 valence electrons. The van der Waals surface area contributed by atoms with E-state index in [0.717, 1.165) is 13.0 Å². The molecule has 12 heavy (non-hydrogen) atoms. The van der Waals surface area contributed by atoms with Crippen LogP contribution in [0.2, 0.25) is 0 Å². The molecule has 0 saturated heterocycles. The zero-order chi connectivity index (χ0) is 9.40. The molecule has 0 amide bonds. The van der Waals surface area contributed by atoms with Crippen LogP contribution in [0, 0.1) is 5.92 Å². The van der Waals surface area contributed by atoms with Gasteiger partial charge in [0.25, 0.3) is 0 Å². The number of hydrogen-bond donors (Lipinski definition) is 1. The van der Waals surface area contributed by atoms with Crippen molar-refractivity contribution in [1.29, 1.82) is 0 Å². The molecule has 0 aliphatic carbocycles. The summed E-state index contributed by atoms with van der Waals surface area (Å²) in [6, 6.07) is 0. The van der Waals surface area contributed by atoms with Gasteiger partial charge >= 0.3 is 5.97 Å². The molecule has 0 saturated carbocycles. The largest absolute Gasteiger partial charge is 0.465 e. The minimum atomic E-state index is -0.166. The molecule has 0 bridgehead atoms. The molecule has 0 aliphatic rings. The zero-order valence-electron chi connectivity index (χ0n) is 8.22. The van der Waals surface area contributed by atoms with Gasteiger partial charge in [0, 0.05) is 0 Å². The van der Waals surface area contributed by atoms with Crippen LogP contribution >= 0.6 is 0 Å². The fourth-order valence-electron chi connectivity index (χ4n) is 0.777. The summed E-state index contributed by atoms with van der Waals surface area (Å²) < 4.78 is 4.76. The molecule has 3 heteroatoms. The average molecular weight is 173 g/mol. The Labute approximate surface area is 74.5 Å². The van der Waals surface area contributed by atoms with Crippen molar-refractivity contribution in [3.8, 4) is 0 Å². The maximum atomic E-state index is 10.8. The van der Waals surface area contributed by atoms with E-state index in [1.807, 2.05) is 6.92 Å². The third kappa shape index (κ3) is 6.16. The van der Waals surface area contributed by atoms with Gasteiger partial charge in [0.2, 0.25) is 0 Å². The van der Waals surface area contributed by atoms with E-state index in [4.69, 9.17) is 4.74 Å². The van der Waals surface area contributed by atoms with Crippen molar-refractivity contribution in [2.24, 2.45) is 5.92 Å². The van der Waals surface area contributed by atoms with E-state index in [0.29, 0.717) is 19.1 Å². The molecule has 0 rings (SSSR count). The summed E-state index contributed by atoms with van der Waals surface area (Å²) in [6.45, 7) is 7.78. The first-order valence-electron chi connectivity index (χ1n) is 4.57. The predicted octanol–water partition coefficient (Wildman–Crippen LogP) is 1.19. The molecule has 1 N–H and O–H groups in total. The molecule has 0 aromatic carbocycles. The number of ether oxygens (including phenoxy) is 1. The van der Waals surface area contributed by atoms with Crippen molar-refractivity contribution in [3.05, 3.63) is 0 Å². The van der Waals surface area contributed by atoms with Gasteiger partial charge in [0.1, 0.15) is 0 Å². The molecule has 0 heterocycles. The van der Waals surface area contributed by atoms with Crippen molar-refractivity contribution >= 4 is 5.97 Å². The molecular formula is C9H19NO2. The number of rotatable bonds is 6. The van der Waals surface area contributed by atoms with Crippen LogP contribution in [0.3, 0.4) is 0 Å². The number of nitrogens with one attached hydrogen (secondary N) is 1. The second-order valence-electron chi connectivity index (χ2n) is 2.95. The van der Waals surface area contributed by atoms with Crippen LogP contribution in [0.4, 0.5) is 0 Å². The molecular weight excluding hydrogens is 154 g/mol. The van der Waals surface area contributed by atoms with Gasteiger partial charge in [-0.25, -0.2) is 0 Å². The molecule has 0 radical (unpaired) electrons. The minimum absolute atomic E-state index is 0.166. The van der Waals surface area contributed by atoms with E-state index in [1.165, 1.54) is 0 Å². The SMILES string of the molecule is CCOC(=O)CNC[C@H](C)CC. The summed E-state index contributed by atoms with van der Waals surface area (Å²) in [7, 11) is 0. The predicted molar refractivity (Wildman–Crippen MR) is 49.0 cm³/mol. The van der Waals surface area contributed by atoms with E-state index in [9.17, 15) is 4.79 Å². The van der Waals surface area contributed by atoms with Crippen LogP contribution in [0.1, 0.15) is 27.2 Å². The number of hydrogen-bond acceptors (Lipinski definition) is 3. The van der Waals surface area contributed by atoms with Gasteiger partial charge in [-0.2, -0.15) is 0 Å². The lowest BCUT2D eigenvalue weighted by atomic mass is 10.1. The van der Waals surface area contributed by atoms with Crippen molar-refractivity contribution in [1.82, 2.24) is 5.32 Å². The summed E-state index contributed by atoms with van der Waals surface area (Å²) in [4.78, 5) is 10.8. The summed E-state index contributed by atoms with van der Waals surface area (Å²) in [5, 5.41) is 3.05. The standard InChI is InChI=1S/C9H19NO2/c1-4-8(3)6-10-7-9(11)12-5-2/h8,10H,4-7H2,1-3H3/t8-/m1/s1. The van der Waals surface area contributed by atoms with Crippen molar-refractivity contribution in [2.45, 2.75) is 27.2 Å². The lowest BCUT2D eigenvalue weighted by Crippen LogP contribution is -2.28. The minimum Gasteiger partial charge on any atom is -0.465 e. The summed E-state index contributed by atoms with van der Waals surface area (Å²) >= 11 is 0. The Bertz CT molecular complexity index is 126. The Morgan fingerprint density at radius 2 is 2.17 bits per heavy atom. The molecule has 0 aliphatic heterocycles. The molecule has 1 atom stereocenters. The first-order chi connectivity index (χ1) is 5.70. The van der Waals surface area contributed by atoms with Crippen LogP contribution in [-0.4, -0.2) is 25.7 Å². The van der Waals surface area contributed by atoms with Crippen LogP contribution in [-0.2, 0) is 9.53 Å². The maximum Gasteiger partial charge on any atom is 0.319 e. The summed E-state index contributed by atoms with van der Waals surface area (Å²) in [5.74, 6) is 0.459. The summed E-state index contributed by atoms with van der Waals surface area (Å²) in [5.41, 5.74) is 0. The maximum absolute atomic E-state index is 10.8. The van der Waals surface area contributed by atoms with Gasteiger partial charge < -0.3 is 10.1 Å². The number of carbonyl (C=O) groups is 1. The Kier molecular flexibility index (Phi) is 6.76. The van der Waals surface area contributed by atoms with Gasteiger partial charge in [-0.05, 0) is 19.4 Å². The van der Waals surface area contributed by atoms with Gasteiger partial charge in [0.05, 0.1) is 13.2 Å². The third-order valence-electron chi connectivity index (χ3n) is 1.76. The smallest absolute Gasteiger partial charge is 0.319 e. The highest BCUT2D eigenvalue weighted by Crippen LogP contribution is 1.96. The van der Waals surface area contributed by atoms with E-state index < -0.39 is 0 Å². The molecule has 0 fully saturated rings. The van der Waals surface area contributed by atoms with Gasteiger partial charge in [-0.15, -0.1) is 0 Å². The Morgan fingerprint density at radius 3 is 2.67 bits per heavy atom. The lowest BCUT2D eigenvalue weighted by Gasteiger charge is -2.08. The highest BCUT2D eigenvalue weighted by molar-refractivity contribution is 5.71. The fourth-order valence-corrected chi connectivity index (χ4v) is 0.777. The highest BCUT2D eigenvalue weighted by Gasteiger charge is 2.02. The van der Waals surface area contributed by atoms with E-state index in [2.05, 4.69) is 19.2 Å². The van der Waals surface area contributed by atoms with Crippen molar-refractivity contribution < 1.29 is 9.53 Å². The van der Waals surface area contributed by atoms with Gasteiger partial charge in [-0.3, -0.25) is 4.79 Å². The molecule has 0 unspecified atom stereocenters. The first-order valence-corrected chi connectivity index (χ1v) is 4.57. The Morgan fingerprint density at radius 1 is 1.50 bits per heavy atom. The normalized spacial score (nSPS) is 12.6. The van der Waals surface area contributed by atoms with E-state index in [1.54, 1.807) is 0 Å².